The highest BCUT2D eigenvalue weighted by Crippen LogP contribution is 2.28. The van der Waals surface area contributed by atoms with Gasteiger partial charge in [0.2, 0.25) is 0 Å². The van der Waals surface area contributed by atoms with Crippen molar-refractivity contribution in [1.82, 2.24) is 10.3 Å². The topological polar surface area (TPSA) is 74.7 Å². The molecule has 0 unspecified atom stereocenters. The second kappa shape index (κ2) is 9.06. The van der Waals surface area contributed by atoms with E-state index in [0.717, 1.165) is 37.3 Å². The minimum Gasteiger partial charge on any atom is -0.492 e. The number of aromatic carboxylic acids is 1. The third-order valence-corrected chi connectivity index (χ3v) is 5.00. The molecule has 0 radical (unpaired) electrons. The molecule has 0 saturated carbocycles. The van der Waals surface area contributed by atoms with Crippen LogP contribution in [0.2, 0.25) is 5.02 Å². The maximum atomic E-state index is 11.1. The molecule has 7 heteroatoms. The Morgan fingerprint density at radius 1 is 1.33 bits per heavy atom. The highest BCUT2D eigenvalue weighted by molar-refractivity contribution is 6.32. The summed E-state index contributed by atoms with van der Waals surface area (Å²) in [5, 5.41) is 13.1. The Kier molecular flexibility index (Phi) is 6.53. The number of hydrogen-bond donors (Lipinski definition) is 2. The predicted molar refractivity (Wildman–Crippen MR) is 106 cm³/mol. The van der Waals surface area contributed by atoms with Gasteiger partial charge in [0, 0.05) is 18.8 Å². The van der Waals surface area contributed by atoms with Crippen LogP contribution in [0.4, 0.5) is 5.82 Å². The lowest BCUT2D eigenvalue weighted by atomic mass is 10.0. The highest BCUT2D eigenvalue weighted by Gasteiger charge is 2.23. The molecule has 2 aromatic rings. The molecule has 27 heavy (non-hydrogen) atoms. The van der Waals surface area contributed by atoms with Crippen molar-refractivity contribution in [3.05, 3.63) is 52.7 Å². The van der Waals surface area contributed by atoms with Crippen LogP contribution < -0.4 is 15.0 Å². The van der Waals surface area contributed by atoms with Gasteiger partial charge in [-0.2, -0.15) is 0 Å². The molecule has 1 saturated heterocycles. The molecule has 1 aliphatic heterocycles. The Balaban J connectivity index is 1.88. The predicted octanol–water partition coefficient (Wildman–Crippen LogP) is 3.59. The summed E-state index contributed by atoms with van der Waals surface area (Å²) in [6.45, 7) is 5.05. The number of carbonyl (C=O) groups is 1. The molecular formula is C20H24ClN3O3. The van der Waals surface area contributed by atoms with E-state index in [2.05, 4.69) is 15.2 Å². The van der Waals surface area contributed by atoms with Gasteiger partial charge < -0.3 is 20.1 Å². The lowest BCUT2D eigenvalue weighted by Gasteiger charge is -2.35. The van der Waals surface area contributed by atoms with Crippen LogP contribution in [0.3, 0.4) is 0 Å². The molecule has 3 rings (SSSR count). The molecule has 2 N–H and O–H groups in total. The first-order valence-electron chi connectivity index (χ1n) is 9.16. The average Bonchev–Trinajstić information content (AvgIpc) is 2.69. The average molecular weight is 390 g/mol. The standard InChI is InChI=1S/C20H24ClN3O3/c1-2-27-18-11-14(3-5-17(18)21)13-24(16-7-9-22-10-8-16)19-6-4-15(12-23-19)20(25)26/h3-6,11-12,16,22H,2,7-10,13H2,1H3,(H,25,26). The molecule has 1 fully saturated rings. The van der Waals surface area contributed by atoms with E-state index in [1.807, 2.05) is 25.1 Å². The van der Waals surface area contributed by atoms with Crippen molar-refractivity contribution in [3.63, 3.8) is 0 Å². The van der Waals surface area contributed by atoms with Crippen molar-refractivity contribution in [3.8, 4) is 5.75 Å². The number of halogens is 1. The fourth-order valence-corrected chi connectivity index (χ4v) is 3.48. The van der Waals surface area contributed by atoms with E-state index in [4.69, 9.17) is 21.4 Å². The first-order valence-corrected chi connectivity index (χ1v) is 9.54. The lowest BCUT2D eigenvalue weighted by Crippen LogP contribution is -2.43. The number of anilines is 1. The largest absolute Gasteiger partial charge is 0.492 e. The Bertz CT molecular complexity index is 777. The van der Waals surface area contributed by atoms with E-state index in [0.29, 0.717) is 30.0 Å². The summed E-state index contributed by atoms with van der Waals surface area (Å²) in [6.07, 6.45) is 3.43. The molecule has 0 aliphatic carbocycles. The van der Waals surface area contributed by atoms with Crippen LogP contribution in [0, 0.1) is 0 Å². The number of benzene rings is 1. The number of piperidine rings is 1. The van der Waals surface area contributed by atoms with Crippen LogP contribution in [0.25, 0.3) is 0 Å². The maximum absolute atomic E-state index is 11.1. The zero-order valence-corrected chi connectivity index (χ0v) is 16.1. The van der Waals surface area contributed by atoms with Gasteiger partial charge in [-0.3, -0.25) is 0 Å². The SMILES string of the molecule is CCOc1cc(CN(c2ccc(C(=O)O)cn2)C2CCNCC2)ccc1Cl. The number of carboxylic acids is 1. The van der Waals surface area contributed by atoms with Gasteiger partial charge in [-0.05, 0) is 62.7 Å². The molecule has 0 amide bonds. The van der Waals surface area contributed by atoms with Crippen molar-refractivity contribution in [1.29, 1.82) is 0 Å². The number of rotatable bonds is 7. The van der Waals surface area contributed by atoms with Crippen molar-refractivity contribution < 1.29 is 14.6 Å². The van der Waals surface area contributed by atoms with Gasteiger partial charge in [0.05, 0.1) is 17.2 Å². The zero-order valence-electron chi connectivity index (χ0n) is 15.3. The number of pyridine rings is 1. The van der Waals surface area contributed by atoms with Crippen molar-refractivity contribution in [2.45, 2.75) is 32.4 Å². The van der Waals surface area contributed by atoms with Gasteiger partial charge in [-0.15, -0.1) is 0 Å². The van der Waals surface area contributed by atoms with Gasteiger partial charge in [0.1, 0.15) is 11.6 Å². The quantitative estimate of drug-likeness (QED) is 0.753. The Morgan fingerprint density at radius 3 is 2.74 bits per heavy atom. The zero-order chi connectivity index (χ0) is 19.2. The van der Waals surface area contributed by atoms with Crippen LogP contribution >= 0.6 is 11.6 Å². The summed E-state index contributed by atoms with van der Waals surface area (Å²) in [6, 6.07) is 9.53. The van der Waals surface area contributed by atoms with E-state index in [1.54, 1.807) is 12.1 Å². The molecule has 1 aromatic heterocycles. The smallest absolute Gasteiger partial charge is 0.337 e. The fourth-order valence-electron chi connectivity index (χ4n) is 3.31. The Morgan fingerprint density at radius 2 is 2.11 bits per heavy atom. The van der Waals surface area contributed by atoms with Crippen LogP contribution in [-0.2, 0) is 6.54 Å². The summed E-state index contributed by atoms with van der Waals surface area (Å²) in [4.78, 5) is 17.8. The van der Waals surface area contributed by atoms with E-state index < -0.39 is 5.97 Å². The second-order valence-corrected chi connectivity index (χ2v) is 6.92. The maximum Gasteiger partial charge on any atom is 0.337 e. The van der Waals surface area contributed by atoms with Crippen LogP contribution in [0.15, 0.2) is 36.5 Å². The molecule has 0 spiro atoms. The molecule has 6 nitrogen and oxygen atoms in total. The number of ether oxygens (including phenoxy) is 1. The summed E-state index contributed by atoms with van der Waals surface area (Å²) in [5.41, 5.74) is 1.26. The van der Waals surface area contributed by atoms with Crippen LogP contribution in [0.1, 0.15) is 35.7 Å². The van der Waals surface area contributed by atoms with E-state index in [1.165, 1.54) is 6.20 Å². The van der Waals surface area contributed by atoms with Crippen molar-refractivity contribution >= 4 is 23.4 Å². The van der Waals surface area contributed by atoms with Crippen molar-refractivity contribution in [2.75, 3.05) is 24.6 Å². The molecule has 0 bridgehead atoms. The second-order valence-electron chi connectivity index (χ2n) is 6.52. The number of hydrogen-bond acceptors (Lipinski definition) is 5. The highest BCUT2D eigenvalue weighted by atomic mass is 35.5. The normalized spacial score (nSPS) is 14.7. The summed E-state index contributed by atoms with van der Waals surface area (Å²) in [5.74, 6) is 0.484. The lowest BCUT2D eigenvalue weighted by molar-refractivity contribution is 0.0696. The summed E-state index contributed by atoms with van der Waals surface area (Å²) in [7, 11) is 0. The number of nitrogens with zero attached hydrogens (tertiary/aromatic N) is 2. The third kappa shape index (κ3) is 4.90. The molecule has 1 aliphatic rings. The number of carboxylic acid groups (broad SMARTS) is 1. The molecule has 2 heterocycles. The van der Waals surface area contributed by atoms with Gasteiger partial charge in [-0.1, -0.05) is 17.7 Å². The van der Waals surface area contributed by atoms with E-state index in [-0.39, 0.29) is 5.56 Å². The fraction of sp³-hybridized carbons (Fsp3) is 0.400. The number of nitrogens with one attached hydrogen (secondary N) is 1. The third-order valence-electron chi connectivity index (χ3n) is 4.69. The van der Waals surface area contributed by atoms with Crippen LogP contribution in [0.5, 0.6) is 5.75 Å². The molecule has 144 valence electrons. The first-order chi connectivity index (χ1) is 13.1. The molecule has 0 atom stereocenters. The van der Waals surface area contributed by atoms with E-state index >= 15 is 0 Å². The Hall–Kier alpha value is -2.31. The summed E-state index contributed by atoms with van der Waals surface area (Å²) < 4.78 is 5.61. The van der Waals surface area contributed by atoms with E-state index in [9.17, 15) is 4.79 Å². The molecule has 1 aromatic carbocycles. The molecular weight excluding hydrogens is 366 g/mol. The first kappa shape index (κ1) is 19.5. The Labute approximate surface area is 164 Å². The van der Waals surface area contributed by atoms with Gasteiger partial charge in [0.25, 0.3) is 0 Å². The van der Waals surface area contributed by atoms with Crippen molar-refractivity contribution in [2.24, 2.45) is 0 Å². The van der Waals surface area contributed by atoms with Gasteiger partial charge >= 0.3 is 5.97 Å². The minimum absolute atomic E-state index is 0.189. The minimum atomic E-state index is -0.971. The number of aromatic nitrogens is 1. The van der Waals surface area contributed by atoms with Gasteiger partial charge in [0.15, 0.2) is 0 Å². The van der Waals surface area contributed by atoms with Gasteiger partial charge in [-0.25, -0.2) is 9.78 Å². The van der Waals surface area contributed by atoms with Crippen LogP contribution in [-0.4, -0.2) is 41.8 Å². The monoisotopic (exact) mass is 389 g/mol. The summed E-state index contributed by atoms with van der Waals surface area (Å²) >= 11 is 6.21.